The number of aryl methyl sites for hydroxylation is 1. The Kier molecular flexibility index (Phi) is 7.34. The molecule has 2 atom stereocenters. The number of hydrogen-bond acceptors (Lipinski definition) is 8. The summed E-state index contributed by atoms with van der Waals surface area (Å²) >= 11 is 0. The lowest BCUT2D eigenvalue weighted by Gasteiger charge is -2.23. The molecule has 1 aromatic heterocycles. The largest absolute Gasteiger partial charge is 0.467 e. The molecule has 2 aliphatic heterocycles. The van der Waals surface area contributed by atoms with E-state index >= 15 is 0 Å². The van der Waals surface area contributed by atoms with Gasteiger partial charge in [0.15, 0.2) is 6.29 Å². The molecule has 8 nitrogen and oxygen atoms in total. The lowest BCUT2D eigenvalue weighted by atomic mass is 9.99. The molecular weight excluding hydrogens is 455 g/mol. The number of carbonyl (C=O) groups excluding carboxylic acids is 1. The van der Waals surface area contributed by atoms with Gasteiger partial charge >= 0.3 is 5.97 Å². The fourth-order valence-electron chi connectivity index (χ4n) is 4.03. The average Bonchev–Trinajstić information content (AvgIpc) is 3.56. The summed E-state index contributed by atoms with van der Waals surface area (Å²) in [6.45, 7) is 2.51. The van der Waals surface area contributed by atoms with Gasteiger partial charge in [0.1, 0.15) is 23.4 Å². The van der Waals surface area contributed by atoms with Crippen LogP contribution in [0.4, 0.5) is 19.0 Å². The molecule has 4 rings (SSSR count). The van der Waals surface area contributed by atoms with Crippen molar-refractivity contribution in [2.24, 2.45) is 0 Å². The molecule has 0 bridgehead atoms. The summed E-state index contributed by atoms with van der Waals surface area (Å²) in [6, 6.07) is 6.00. The van der Waals surface area contributed by atoms with E-state index in [1.54, 1.807) is 19.1 Å². The van der Waals surface area contributed by atoms with Gasteiger partial charge in [-0.05, 0) is 31.4 Å². The first kappa shape index (κ1) is 24.4. The van der Waals surface area contributed by atoms with E-state index < -0.39 is 30.5 Å². The summed E-state index contributed by atoms with van der Waals surface area (Å²) in [7, 11) is 1.07. The predicted molar refractivity (Wildman–Crippen MR) is 114 cm³/mol. The van der Waals surface area contributed by atoms with E-state index in [2.05, 4.69) is 20.0 Å². The second-order valence-electron chi connectivity index (χ2n) is 8.06. The van der Waals surface area contributed by atoms with Crippen molar-refractivity contribution < 1.29 is 36.9 Å². The monoisotopic (exact) mass is 481 g/mol. The third-order valence-electron chi connectivity index (χ3n) is 5.70. The predicted octanol–water partition coefficient (Wildman–Crippen LogP) is 3.90. The summed E-state index contributed by atoms with van der Waals surface area (Å²) in [5.41, 5.74) is 0.307. The van der Waals surface area contributed by atoms with Crippen molar-refractivity contribution in [2.45, 2.75) is 50.8 Å². The topological polar surface area (TPSA) is 91.8 Å². The van der Waals surface area contributed by atoms with Gasteiger partial charge in [0, 0.05) is 18.7 Å². The third-order valence-corrected chi connectivity index (χ3v) is 5.70. The van der Waals surface area contributed by atoms with Gasteiger partial charge in [-0.25, -0.2) is 19.2 Å². The number of halogens is 3. The molecular formula is C23H26F3N3O5. The Morgan fingerprint density at radius 2 is 2.00 bits per heavy atom. The SMILES string of the molecule is COC(=O)C(F)c1nc(C)nc(NCc2cccc(C(F)(F)C3CCCO3)c2)c1C1OCCO1. The number of ether oxygens (including phenoxy) is 4. The van der Waals surface area contributed by atoms with Gasteiger partial charge in [-0.3, -0.25) is 0 Å². The Balaban J connectivity index is 1.62. The van der Waals surface area contributed by atoms with E-state index in [1.165, 1.54) is 12.1 Å². The molecule has 184 valence electrons. The van der Waals surface area contributed by atoms with Crippen LogP contribution in [0.15, 0.2) is 24.3 Å². The lowest BCUT2D eigenvalue weighted by Crippen LogP contribution is -2.30. The maximum atomic E-state index is 14.9. The van der Waals surface area contributed by atoms with Crippen molar-refractivity contribution in [1.29, 1.82) is 0 Å². The number of esters is 1. The van der Waals surface area contributed by atoms with Crippen molar-refractivity contribution in [3.05, 3.63) is 52.5 Å². The first-order valence-electron chi connectivity index (χ1n) is 11.0. The number of nitrogens with one attached hydrogen (secondary N) is 1. The van der Waals surface area contributed by atoms with E-state index in [4.69, 9.17) is 14.2 Å². The molecule has 34 heavy (non-hydrogen) atoms. The van der Waals surface area contributed by atoms with Crippen LogP contribution in [0.3, 0.4) is 0 Å². The highest BCUT2D eigenvalue weighted by atomic mass is 19.3. The van der Waals surface area contributed by atoms with Crippen molar-refractivity contribution in [1.82, 2.24) is 9.97 Å². The molecule has 2 unspecified atom stereocenters. The molecule has 2 aromatic rings. The number of alkyl halides is 3. The molecule has 2 aliphatic rings. The molecule has 3 heterocycles. The minimum Gasteiger partial charge on any atom is -0.467 e. The number of rotatable bonds is 8. The number of benzene rings is 1. The van der Waals surface area contributed by atoms with Crippen molar-refractivity contribution in [2.75, 3.05) is 32.2 Å². The lowest BCUT2D eigenvalue weighted by molar-refractivity contribution is -0.147. The molecule has 0 radical (unpaired) electrons. The van der Waals surface area contributed by atoms with Gasteiger partial charge in [-0.1, -0.05) is 18.2 Å². The molecule has 0 amide bonds. The summed E-state index contributed by atoms with van der Waals surface area (Å²) in [4.78, 5) is 20.3. The molecule has 0 aliphatic carbocycles. The maximum absolute atomic E-state index is 14.9. The quantitative estimate of drug-likeness (QED) is 0.568. The van der Waals surface area contributed by atoms with Crippen LogP contribution in [-0.2, 0) is 36.2 Å². The zero-order valence-electron chi connectivity index (χ0n) is 18.9. The van der Waals surface area contributed by atoms with Gasteiger partial charge < -0.3 is 24.3 Å². The van der Waals surface area contributed by atoms with Crippen LogP contribution >= 0.6 is 0 Å². The summed E-state index contributed by atoms with van der Waals surface area (Å²) < 4.78 is 65.5. The van der Waals surface area contributed by atoms with Crippen LogP contribution in [0.25, 0.3) is 0 Å². The Bertz CT molecular complexity index is 1030. The standard InChI is InChI=1S/C23H26F3N3O5/c1-13-28-19(18(24)21(30)31-2)17(22-33-9-10-34-22)20(29-13)27-12-14-5-3-6-15(11-14)23(25,26)16-7-4-8-32-16/h3,5-6,11,16,18,22H,4,7-10,12H2,1-2H3,(H,27,28,29). The number of anilines is 1. The van der Waals surface area contributed by atoms with Gasteiger partial charge in [0.2, 0.25) is 6.17 Å². The highest BCUT2D eigenvalue weighted by molar-refractivity contribution is 5.76. The van der Waals surface area contributed by atoms with Crippen molar-refractivity contribution in [3.8, 4) is 0 Å². The molecule has 0 spiro atoms. The van der Waals surface area contributed by atoms with Crippen LogP contribution in [0.1, 0.15) is 53.5 Å². The Morgan fingerprint density at radius 1 is 1.24 bits per heavy atom. The minimum absolute atomic E-state index is 0.0975. The molecule has 2 saturated heterocycles. The van der Waals surface area contributed by atoms with E-state index in [0.717, 1.165) is 7.11 Å². The Labute approximate surface area is 194 Å². The third kappa shape index (κ3) is 5.01. The average molecular weight is 481 g/mol. The van der Waals surface area contributed by atoms with Crippen molar-refractivity contribution in [3.63, 3.8) is 0 Å². The van der Waals surface area contributed by atoms with E-state index in [-0.39, 0.29) is 48.2 Å². The van der Waals surface area contributed by atoms with Crippen LogP contribution in [-0.4, -0.2) is 49.0 Å². The van der Waals surface area contributed by atoms with E-state index in [9.17, 15) is 18.0 Å². The Hall–Kier alpha value is -2.76. The molecule has 1 N–H and O–H groups in total. The summed E-state index contributed by atoms with van der Waals surface area (Å²) in [5.74, 6) is -3.86. The second-order valence-corrected chi connectivity index (χ2v) is 8.06. The number of nitrogens with zero attached hydrogens (tertiary/aromatic N) is 2. The molecule has 0 saturated carbocycles. The summed E-state index contributed by atoms with van der Waals surface area (Å²) in [6.07, 6.45) is -3.41. The molecule has 11 heteroatoms. The Morgan fingerprint density at radius 3 is 2.68 bits per heavy atom. The normalized spacial score (nSPS) is 19.9. The van der Waals surface area contributed by atoms with Crippen LogP contribution < -0.4 is 5.32 Å². The minimum atomic E-state index is -3.12. The first-order valence-corrected chi connectivity index (χ1v) is 11.0. The van der Waals surface area contributed by atoms with Crippen LogP contribution in [0.5, 0.6) is 0 Å². The number of carbonyl (C=O) groups is 1. The van der Waals surface area contributed by atoms with E-state index in [0.29, 0.717) is 25.0 Å². The van der Waals surface area contributed by atoms with Crippen LogP contribution in [0, 0.1) is 6.92 Å². The zero-order valence-corrected chi connectivity index (χ0v) is 18.9. The number of methoxy groups -OCH3 is 1. The highest BCUT2D eigenvalue weighted by Crippen LogP contribution is 2.39. The second kappa shape index (κ2) is 10.2. The van der Waals surface area contributed by atoms with Crippen LogP contribution in [0.2, 0.25) is 0 Å². The fourth-order valence-corrected chi connectivity index (χ4v) is 4.03. The van der Waals surface area contributed by atoms with Gasteiger partial charge in [-0.15, -0.1) is 0 Å². The summed E-state index contributed by atoms with van der Waals surface area (Å²) in [5, 5.41) is 3.04. The van der Waals surface area contributed by atoms with Gasteiger partial charge in [0.05, 0.1) is 25.9 Å². The fraction of sp³-hybridized carbons (Fsp3) is 0.522. The highest BCUT2D eigenvalue weighted by Gasteiger charge is 2.44. The smallest absolute Gasteiger partial charge is 0.346 e. The first-order chi connectivity index (χ1) is 16.3. The zero-order chi connectivity index (χ0) is 24.3. The van der Waals surface area contributed by atoms with Crippen molar-refractivity contribution >= 4 is 11.8 Å². The van der Waals surface area contributed by atoms with Gasteiger partial charge in [-0.2, -0.15) is 8.78 Å². The molecule has 1 aromatic carbocycles. The molecule has 2 fully saturated rings. The number of hydrogen-bond donors (Lipinski definition) is 1. The van der Waals surface area contributed by atoms with Gasteiger partial charge in [0.25, 0.3) is 5.92 Å². The maximum Gasteiger partial charge on any atom is 0.346 e. The number of aromatic nitrogens is 2. The van der Waals surface area contributed by atoms with E-state index in [1.807, 2.05) is 0 Å².